The van der Waals surface area contributed by atoms with Crippen LogP contribution in [-0.4, -0.2) is 32.3 Å². The molecule has 134 valence electrons. The Balaban J connectivity index is 1.73. The van der Waals surface area contributed by atoms with Crippen molar-refractivity contribution in [3.8, 4) is 17.2 Å². The molecule has 0 aliphatic carbocycles. The summed E-state index contributed by atoms with van der Waals surface area (Å²) >= 11 is 11.9. The molecule has 7 heteroatoms. The smallest absolute Gasteiger partial charge is 0.260 e. The van der Waals surface area contributed by atoms with E-state index in [2.05, 4.69) is 5.32 Å². The Morgan fingerprint density at radius 1 is 1.12 bits per heavy atom. The second kappa shape index (κ2) is 9.39. The predicted octanol–water partition coefficient (Wildman–Crippen LogP) is 3.96. The van der Waals surface area contributed by atoms with Gasteiger partial charge in [0.15, 0.2) is 6.10 Å². The fourth-order valence-corrected chi connectivity index (χ4v) is 2.43. The third kappa shape index (κ3) is 6.03. The molecule has 0 heterocycles. The number of nitrogens with one attached hydrogen (secondary N) is 1. The van der Waals surface area contributed by atoms with Gasteiger partial charge in [0, 0.05) is 5.02 Å². The normalized spacial score (nSPS) is 11.5. The average molecular weight is 384 g/mol. The van der Waals surface area contributed by atoms with Gasteiger partial charge in [0.2, 0.25) is 0 Å². The number of hydrogen-bond donors (Lipinski definition) is 1. The minimum Gasteiger partial charge on any atom is -0.497 e. The lowest BCUT2D eigenvalue weighted by Crippen LogP contribution is -2.38. The first-order chi connectivity index (χ1) is 12.0. The van der Waals surface area contributed by atoms with Gasteiger partial charge >= 0.3 is 0 Å². The van der Waals surface area contributed by atoms with Crippen molar-refractivity contribution in [3.05, 3.63) is 52.5 Å². The molecule has 0 saturated heterocycles. The number of rotatable bonds is 8. The van der Waals surface area contributed by atoms with Crippen LogP contribution < -0.4 is 19.5 Å². The van der Waals surface area contributed by atoms with Crippen LogP contribution in [0.4, 0.5) is 0 Å². The van der Waals surface area contributed by atoms with Gasteiger partial charge in [-0.15, -0.1) is 0 Å². The van der Waals surface area contributed by atoms with Gasteiger partial charge in [-0.05, 0) is 49.4 Å². The maximum Gasteiger partial charge on any atom is 0.260 e. The predicted molar refractivity (Wildman–Crippen MR) is 98.1 cm³/mol. The Bertz CT molecular complexity index is 707. The van der Waals surface area contributed by atoms with Gasteiger partial charge in [-0.25, -0.2) is 0 Å². The maximum absolute atomic E-state index is 12.0. The van der Waals surface area contributed by atoms with Crippen molar-refractivity contribution >= 4 is 29.1 Å². The van der Waals surface area contributed by atoms with Crippen molar-refractivity contribution in [1.29, 1.82) is 0 Å². The summed E-state index contributed by atoms with van der Waals surface area (Å²) < 4.78 is 16.2. The molecule has 0 aliphatic heterocycles. The summed E-state index contributed by atoms with van der Waals surface area (Å²) in [5.41, 5.74) is 0. The van der Waals surface area contributed by atoms with Crippen molar-refractivity contribution in [2.75, 3.05) is 20.3 Å². The van der Waals surface area contributed by atoms with Crippen LogP contribution in [0.15, 0.2) is 42.5 Å². The minimum atomic E-state index is -0.695. The SMILES string of the molecule is COc1ccc(OCCNC(=O)[C@H](C)Oc2ccc(Cl)cc2Cl)cc1. The molecule has 0 aromatic heterocycles. The molecule has 1 amide bonds. The molecule has 5 nitrogen and oxygen atoms in total. The molecule has 2 aromatic rings. The molecule has 0 unspecified atom stereocenters. The molecule has 0 aliphatic rings. The van der Waals surface area contributed by atoms with Gasteiger partial charge in [0.1, 0.15) is 23.9 Å². The van der Waals surface area contributed by atoms with E-state index in [0.717, 1.165) is 5.75 Å². The Labute approximate surface area is 156 Å². The van der Waals surface area contributed by atoms with Crippen molar-refractivity contribution < 1.29 is 19.0 Å². The Morgan fingerprint density at radius 2 is 1.80 bits per heavy atom. The van der Waals surface area contributed by atoms with E-state index in [1.54, 1.807) is 56.5 Å². The topological polar surface area (TPSA) is 56.8 Å². The van der Waals surface area contributed by atoms with Crippen molar-refractivity contribution in [3.63, 3.8) is 0 Å². The first-order valence-electron chi connectivity index (χ1n) is 7.66. The molecular formula is C18H19Cl2NO4. The fourth-order valence-electron chi connectivity index (χ4n) is 1.97. The molecule has 25 heavy (non-hydrogen) atoms. The highest BCUT2D eigenvalue weighted by atomic mass is 35.5. The summed E-state index contributed by atoms with van der Waals surface area (Å²) in [6.45, 7) is 2.34. The van der Waals surface area contributed by atoms with E-state index in [9.17, 15) is 4.79 Å². The zero-order chi connectivity index (χ0) is 18.2. The van der Waals surface area contributed by atoms with Crippen LogP contribution in [-0.2, 0) is 4.79 Å². The van der Waals surface area contributed by atoms with Crippen LogP contribution in [0.5, 0.6) is 17.2 Å². The summed E-state index contributed by atoms with van der Waals surface area (Å²) in [6, 6.07) is 12.0. The Kier molecular flexibility index (Phi) is 7.22. The standard InChI is InChI=1S/C18H19Cl2NO4/c1-12(25-17-8-3-13(19)11-16(17)20)18(22)21-9-10-24-15-6-4-14(23-2)5-7-15/h3-8,11-12H,9-10H2,1-2H3,(H,21,22)/t12-/m0/s1. The van der Waals surface area contributed by atoms with Crippen LogP contribution in [0.3, 0.4) is 0 Å². The second-order valence-corrected chi connectivity index (χ2v) is 5.99. The Hall–Kier alpha value is -2.11. The van der Waals surface area contributed by atoms with Crippen LogP contribution in [0.1, 0.15) is 6.92 Å². The lowest BCUT2D eigenvalue weighted by atomic mass is 10.3. The van der Waals surface area contributed by atoms with Crippen LogP contribution in [0.2, 0.25) is 10.0 Å². The zero-order valence-corrected chi connectivity index (χ0v) is 15.4. The number of benzene rings is 2. The number of methoxy groups -OCH3 is 1. The van der Waals surface area contributed by atoms with Crippen molar-refractivity contribution in [2.24, 2.45) is 0 Å². The van der Waals surface area contributed by atoms with Crippen molar-refractivity contribution in [1.82, 2.24) is 5.32 Å². The minimum absolute atomic E-state index is 0.260. The van der Waals surface area contributed by atoms with E-state index in [4.69, 9.17) is 37.4 Å². The van der Waals surface area contributed by atoms with Gasteiger partial charge in [-0.3, -0.25) is 4.79 Å². The lowest BCUT2D eigenvalue weighted by molar-refractivity contribution is -0.127. The summed E-state index contributed by atoms with van der Waals surface area (Å²) in [5, 5.41) is 3.60. The quantitative estimate of drug-likeness (QED) is 0.700. The third-order valence-electron chi connectivity index (χ3n) is 3.30. The number of carbonyl (C=O) groups excluding carboxylic acids is 1. The van der Waals surface area contributed by atoms with Crippen LogP contribution >= 0.6 is 23.2 Å². The highest BCUT2D eigenvalue weighted by Gasteiger charge is 2.15. The number of amides is 1. The lowest BCUT2D eigenvalue weighted by Gasteiger charge is -2.16. The van der Waals surface area contributed by atoms with E-state index in [1.807, 2.05) is 0 Å². The largest absolute Gasteiger partial charge is 0.497 e. The summed E-state index contributed by atoms with van der Waals surface area (Å²) in [7, 11) is 1.60. The van der Waals surface area contributed by atoms with E-state index in [0.29, 0.717) is 34.7 Å². The second-order valence-electron chi connectivity index (χ2n) is 5.15. The fraction of sp³-hybridized carbons (Fsp3) is 0.278. The maximum atomic E-state index is 12.0. The third-order valence-corrected chi connectivity index (χ3v) is 3.83. The molecule has 2 rings (SSSR count). The number of hydrogen-bond acceptors (Lipinski definition) is 4. The van der Waals surface area contributed by atoms with Gasteiger partial charge in [-0.1, -0.05) is 23.2 Å². The van der Waals surface area contributed by atoms with Gasteiger partial charge in [0.05, 0.1) is 18.7 Å². The molecule has 0 fully saturated rings. The number of carbonyl (C=O) groups is 1. The van der Waals surface area contributed by atoms with E-state index < -0.39 is 6.10 Å². The van der Waals surface area contributed by atoms with Crippen molar-refractivity contribution in [2.45, 2.75) is 13.0 Å². The Morgan fingerprint density at radius 3 is 2.44 bits per heavy atom. The first-order valence-corrected chi connectivity index (χ1v) is 8.41. The highest BCUT2D eigenvalue weighted by molar-refractivity contribution is 6.35. The molecule has 0 bridgehead atoms. The molecule has 0 saturated carbocycles. The molecule has 1 atom stereocenters. The van der Waals surface area contributed by atoms with Gasteiger partial charge < -0.3 is 19.5 Å². The number of ether oxygens (including phenoxy) is 3. The average Bonchev–Trinajstić information content (AvgIpc) is 2.61. The van der Waals surface area contributed by atoms with E-state index in [-0.39, 0.29) is 5.91 Å². The van der Waals surface area contributed by atoms with E-state index >= 15 is 0 Å². The molecule has 0 radical (unpaired) electrons. The van der Waals surface area contributed by atoms with Gasteiger partial charge in [0.25, 0.3) is 5.91 Å². The summed E-state index contributed by atoms with van der Waals surface area (Å²) in [6.07, 6.45) is -0.695. The van der Waals surface area contributed by atoms with Crippen LogP contribution in [0.25, 0.3) is 0 Å². The highest BCUT2D eigenvalue weighted by Crippen LogP contribution is 2.28. The summed E-state index contributed by atoms with van der Waals surface area (Å²) in [5.74, 6) is 1.60. The zero-order valence-electron chi connectivity index (χ0n) is 13.9. The monoisotopic (exact) mass is 383 g/mol. The first kappa shape index (κ1) is 19.2. The molecular weight excluding hydrogens is 365 g/mol. The summed E-state index contributed by atoms with van der Waals surface area (Å²) in [4.78, 5) is 12.0. The molecule has 2 aromatic carbocycles. The van der Waals surface area contributed by atoms with Gasteiger partial charge in [-0.2, -0.15) is 0 Å². The van der Waals surface area contributed by atoms with E-state index in [1.165, 1.54) is 0 Å². The molecule has 0 spiro atoms. The number of halogens is 2. The van der Waals surface area contributed by atoms with Crippen LogP contribution in [0, 0.1) is 0 Å². The molecule has 1 N–H and O–H groups in total.